The van der Waals surface area contributed by atoms with Gasteiger partial charge in [0.05, 0.1) is 6.54 Å². The lowest BCUT2D eigenvalue weighted by Gasteiger charge is -2.04. The van der Waals surface area contributed by atoms with E-state index in [0.29, 0.717) is 18.5 Å². The molecule has 2 aromatic rings. The van der Waals surface area contributed by atoms with Gasteiger partial charge in [-0.15, -0.1) is 5.10 Å². The molecule has 0 spiro atoms. The lowest BCUT2D eigenvalue weighted by atomic mass is 10.1. The highest BCUT2D eigenvalue weighted by atomic mass is 35.5. The Labute approximate surface area is 117 Å². The summed E-state index contributed by atoms with van der Waals surface area (Å²) in [5, 5.41) is 11.8. The Balaban J connectivity index is 1.79. The molecule has 0 aliphatic heterocycles. The highest BCUT2D eigenvalue weighted by molar-refractivity contribution is 6.30. The molecular weight excluding hydrogens is 264 g/mol. The van der Waals surface area contributed by atoms with Gasteiger partial charge in [0.1, 0.15) is 0 Å². The van der Waals surface area contributed by atoms with Crippen LogP contribution in [0.1, 0.15) is 11.5 Å². The molecule has 0 fully saturated rings. The van der Waals surface area contributed by atoms with Gasteiger partial charge in [-0.05, 0) is 38.2 Å². The molecule has 5 nitrogen and oxygen atoms in total. The molecule has 1 aromatic carbocycles. The van der Waals surface area contributed by atoms with Gasteiger partial charge in [0.2, 0.25) is 5.89 Å². The molecule has 0 atom stereocenters. The van der Waals surface area contributed by atoms with E-state index in [1.54, 1.807) is 0 Å². The van der Waals surface area contributed by atoms with Gasteiger partial charge in [-0.2, -0.15) is 0 Å². The maximum absolute atomic E-state index is 5.83. The minimum Gasteiger partial charge on any atom is -0.407 e. The van der Waals surface area contributed by atoms with E-state index < -0.39 is 0 Å². The predicted molar refractivity (Wildman–Crippen MR) is 75.3 cm³/mol. The van der Waals surface area contributed by atoms with Crippen LogP contribution in [0.15, 0.2) is 28.7 Å². The van der Waals surface area contributed by atoms with Crippen molar-refractivity contribution in [3.8, 4) is 0 Å². The molecule has 1 heterocycles. The third-order valence-corrected chi connectivity index (χ3v) is 2.77. The summed E-state index contributed by atoms with van der Waals surface area (Å²) in [5.41, 5.74) is 1.21. The average molecular weight is 281 g/mol. The first-order valence-electron chi connectivity index (χ1n) is 6.09. The minimum atomic E-state index is 0.464. The number of halogens is 1. The molecule has 0 saturated heterocycles. The van der Waals surface area contributed by atoms with Gasteiger partial charge in [0.15, 0.2) is 0 Å². The predicted octanol–water partition coefficient (Wildman–Crippen LogP) is 2.44. The Morgan fingerprint density at radius 2 is 1.95 bits per heavy atom. The van der Waals surface area contributed by atoms with E-state index in [4.69, 9.17) is 16.0 Å². The number of nitrogens with zero attached hydrogens (tertiary/aromatic N) is 3. The van der Waals surface area contributed by atoms with E-state index in [1.165, 1.54) is 5.56 Å². The van der Waals surface area contributed by atoms with Crippen LogP contribution >= 0.6 is 11.6 Å². The standard InChI is InChI=1S/C13H17ClN4O/c1-18(2)9-12-16-17-13(19-12)15-8-7-10-3-5-11(14)6-4-10/h3-6H,7-9H2,1-2H3,(H,15,17). The monoisotopic (exact) mass is 280 g/mol. The number of hydrogen-bond acceptors (Lipinski definition) is 5. The van der Waals surface area contributed by atoms with Gasteiger partial charge >= 0.3 is 6.01 Å². The van der Waals surface area contributed by atoms with Crippen LogP contribution in [0.4, 0.5) is 6.01 Å². The summed E-state index contributed by atoms with van der Waals surface area (Å²) in [6, 6.07) is 8.26. The van der Waals surface area contributed by atoms with E-state index in [1.807, 2.05) is 43.3 Å². The highest BCUT2D eigenvalue weighted by Crippen LogP contribution is 2.11. The van der Waals surface area contributed by atoms with Crippen molar-refractivity contribution in [2.75, 3.05) is 26.0 Å². The second-order valence-corrected chi connectivity index (χ2v) is 4.98. The number of rotatable bonds is 6. The van der Waals surface area contributed by atoms with Crippen molar-refractivity contribution in [1.82, 2.24) is 15.1 Å². The van der Waals surface area contributed by atoms with Crippen LogP contribution in [-0.2, 0) is 13.0 Å². The molecule has 0 aliphatic rings. The van der Waals surface area contributed by atoms with E-state index in [9.17, 15) is 0 Å². The van der Waals surface area contributed by atoms with Crippen LogP contribution in [0.2, 0.25) is 5.02 Å². The molecular formula is C13H17ClN4O. The highest BCUT2D eigenvalue weighted by Gasteiger charge is 2.06. The molecule has 102 valence electrons. The van der Waals surface area contributed by atoms with Crippen molar-refractivity contribution < 1.29 is 4.42 Å². The van der Waals surface area contributed by atoms with Crippen LogP contribution < -0.4 is 5.32 Å². The molecule has 19 heavy (non-hydrogen) atoms. The summed E-state index contributed by atoms with van der Waals surface area (Å²) < 4.78 is 5.46. The molecule has 1 N–H and O–H groups in total. The van der Waals surface area contributed by atoms with E-state index in [-0.39, 0.29) is 0 Å². The van der Waals surface area contributed by atoms with Crippen molar-refractivity contribution in [3.05, 3.63) is 40.7 Å². The topological polar surface area (TPSA) is 54.2 Å². The van der Waals surface area contributed by atoms with Crippen molar-refractivity contribution in [1.29, 1.82) is 0 Å². The van der Waals surface area contributed by atoms with Crippen LogP contribution in [0.3, 0.4) is 0 Å². The van der Waals surface area contributed by atoms with Crippen molar-refractivity contribution in [3.63, 3.8) is 0 Å². The average Bonchev–Trinajstić information content (AvgIpc) is 2.78. The largest absolute Gasteiger partial charge is 0.407 e. The van der Waals surface area contributed by atoms with Gasteiger partial charge in [0.25, 0.3) is 0 Å². The van der Waals surface area contributed by atoms with Gasteiger partial charge in [-0.1, -0.05) is 28.8 Å². The molecule has 0 amide bonds. The van der Waals surface area contributed by atoms with Crippen molar-refractivity contribution >= 4 is 17.6 Å². The Kier molecular flexibility index (Phi) is 4.76. The van der Waals surface area contributed by atoms with Gasteiger partial charge in [-0.3, -0.25) is 0 Å². The maximum atomic E-state index is 5.83. The summed E-state index contributed by atoms with van der Waals surface area (Å²) in [6.07, 6.45) is 0.878. The number of nitrogens with one attached hydrogen (secondary N) is 1. The molecule has 0 bridgehead atoms. The maximum Gasteiger partial charge on any atom is 0.315 e. The second kappa shape index (κ2) is 6.54. The lowest BCUT2D eigenvalue weighted by Crippen LogP contribution is -2.10. The van der Waals surface area contributed by atoms with E-state index >= 15 is 0 Å². The summed E-state index contributed by atoms with van der Waals surface area (Å²) in [5.74, 6) is 0.610. The fourth-order valence-electron chi connectivity index (χ4n) is 1.62. The molecule has 2 rings (SSSR count). The first kappa shape index (κ1) is 13.8. The Morgan fingerprint density at radius 3 is 2.63 bits per heavy atom. The quantitative estimate of drug-likeness (QED) is 0.881. The van der Waals surface area contributed by atoms with E-state index in [0.717, 1.165) is 18.0 Å². The minimum absolute atomic E-state index is 0.464. The van der Waals surface area contributed by atoms with Crippen LogP contribution in [0, 0.1) is 0 Å². The Hall–Kier alpha value is -1.59. The lowest BCUT2D eigenvalue weighted by molar-refractivity contribution is 0.344. The first-order valence-corrected chi connectivity index (χ1v) is 6.47. The van der Waals surface area contributed by atoms with Gasteiger partial charge in [-0.25, -0.2) is 0 Å². The molecule has 0 unspecified atom stereocenters. The summed E-state index contributed by atoms with van der Waals surface area (Å²) >= 11 is 5.83. The molecule has 0 saturated carbocycles. The summed E-state index contributed by atoms with van der Waals surface area (Å²) in [6.45, 7) is 1.39. The molecule has 0 radical (unpaired) electrons. The zero-order valence-corrected chi connectivity index (χ0v) is 11.8. The van der Waals surface area contributed by atoms with Crippen molar-refractivity contribution in [2.45, 2.75) is 13.0 Å². The zero-order chi connectivity index (χ0) is 13.7. The summed E-state index contributed by atoms with van der Waals surface area (Å²) in [4.78, 5) is 1.98. The fourth-order valence-corrected chi connectivity index (χ4v) is 1.75. The second-order valence-electron chi connectivity index (χ2n) is 4.54. The molecule has 1 aromatic heterocycles. The first-order chi connectivity index (χ1) is 9.13. The number of anilines is 1. The third-order valence-electron chi connectivity index (χ3n) is 2.52. The smallest absolute Gasteiger partial charge is 0.315 e. The van der Waals surface area contributed by atoms with Crippen LogP contribution in [0.5, 0.6) is 0 Å². The normalized spacial score (nSPS) is 10.9. The van der Waals surface area contributed by atoms with E-state index in [2.05, 4.69) is 15.5 Å². The zero-order valence-electron chi connectivity index (χ0n) is 11.1. The van der Waals surface area contributed by atoms with Gasteiger partial charge < -0.3 is 14.6 Å². The Morgan fingerprint density at radius 1 is 1.21 bits per heavy atom. The van der Waals surface area contributed by atoms with Crippen molar-refractivity contribution in [2.24, 2.45) is 0 Å². The number of aromatic nitrogens is 2. The molecule has 6 heteroatoms. The number of hydrogen-bond donors (Lipinski definition) is 1. The van der Waals surface area contributed by atoms with Gasteiger partial charge in [0, 0.05) is 11.6 Å². The fraction of sp³-hybridized carbons (Fsp3) is 0.385. The Bertz CT molecular complexity index is 510. The SMILES string of the molecule is CN(C)Cc1nnc(NCCc2ccc(Cl)cc2)o1. The van der Waals surface area contributed by atoms with Crippen LogP contribution in [0.25, 0.3) is 0 Å². The summed E-state index contributed by atoms with van der Waals surface area (Å²) in [7, 11) is 3.91. The number of benzene rings is 1. The molecule has 0 aliphatic carbocycles. The third kappa shape index (κ3) is 4.54. The van der Waals surface area contributed by atoms with Crippen LogP contribution in [-0.4, -0.2) is 35.7 Å².